The Morgan fingerprint density at radius 1 is 1.22 bits per heavy atom. The fraction of sp³-hybridized carbons (Fsp3) is 1.00. The summed E-state index contributed by atoms with van der Waals surface area (Å²) in [5, 5.41) is 3.44. The Morgan fingerprint density at radius 2 is 1.89 bits per heavy atom. The summed E-state index contributed by atoms with van der Waals surface area (Å²) in [5.41, 5.74) is 0. The van der Waals surface area contributed by atoms with Gasteiger partial charge < -0.3 is 5.32 Å². The van der Waals surface area contributed by atoms with Gasteiger partial charge in [0.25, 0.3) is 0 Å². The Hall–Kier alpha value is -0.0900. The topological polar surface area (TPSA) is 46.2 Å². The van der Waals surface area contributed by atoms with E-state index >= 15 is 0 Å². The Kier molecular flexibility index (Phi) is 7.23. The van der Waals surface area contributed by atoms with Crippen LogP contribution in [0.15, 0.2) is 0 Å². The molecule has 0 radical (unpaired) electrons. The van der Waals surface area contributed by atoms with Crippen LogP contribution in [0.5, 0.6) is 0 Å². The minimum absolute atomic E-state index is 0.286. The van der Waals surface area contributed by atoms with Crippen molar-refractivity contribution in [1.82, 2.24) is 5.32 Å². The molecule has 108 valence electrons. The van der Waals surface area contributed by atoms with Gasteiger partial charge in [0.1, 0.15) is 9.84 Å². The van der Waals surface area contributed by atoms with E-state index < -0.39 is 9.84 Å². The summed E-state index contributed by atoms with van der Waals surface area (Å²) in [6, 6.07) is 0. The Balaban J connectivity index is 2.36. The molecule has 1 atom stereocenters. The summed E-state index contributed by atoms with van der Waals surface area (Å²) in [6.45, 7) is 5.94. The molecule has 3 nitrogen and oxygen atoms in total. The molecular formula is C14H29NO2S. The predicted octanol–water partition coefficient (Wildman–Crippen LogP) is 2.62. The third kappa shape index (κ3) is 5.70. The number of nitrogens with one attached hydrogen (secondary N) is 1. The summed E-state index contributed by atoms with van der Waals surface area (Å²) in [5.74, 6) is 2.17. The molecule has 4 heteroatoms. The maximum atomic E-state index is 11.5. The summed E-state index contributed by atoms with van der Waals surface area (Å²) in [7, 11) is -2.78. The first-order valence-corrected chi connectivity index (χ1v) is 9.32. The molecule has 0 saturated heterocycles. The second kappa shape index (κ2) is 8.16. The van der Waals surface area contributed by atoms with Crippen LogP contribution in [0.25, 0.3) is 0 Å². The molecular weight excluding hydrogens is 246 g/mol. The second-order valence-corrected chi connectivity index (χ2v) is 7.96. The van der Waals surface area contributed by atoms with Crippen molar-refractivity contribution in [3.63, 3.8) is 0 Å². The van der Waals surface area contributed by atoms with Gasteiger partial charge in [-0.15, -0.1) is 0 Å². The standard InChI is InChI=1S/C14H29NO2S/c1-3-15-12-14(13-8-5-6-9-13)10-7-11-18(16,17)4-2/h13-15H,3-12H2,1-2H3. The first-order chi connectivity index (χ1) is 8.59. The maximum absolute atomic E-state index is 11.5. The van der Waals surface area contributed by atoms with Crippen molar-refractivity contribution in [3.8, 4) is 0 Å². The highest BCUT2D eigenvalue weighted by molar-refractivity contribution is 7.91. The van der Waals surface area contributed by atoms with Crippen LogP contribution in [0, 0.1) is 11.8 Å². The van der Waals surface area contributed by atoms with E-state index in [-0.39, 0.29) is 5.75 Å². The van der Waals surface area contributed by atoms with E-state index in [2.05, 4.69) is 12.2 Å². The molecule has 1 rings (SSSR count). The van der Waals surface area contributed by atoms with E-state index in [0.717, 1.165) is 31.8 Å². The summed E-state index contributed by atoms with van der Waals surface area (Å²) >= 11 is 0. The molecule has 1 saturated carbocycles. The third-order valence-electron chi connectivity index (χ3n) is 4.19. The van der Waals surface area contributed by atoms with Crippen LogP contribution < -0.4 is 5.32 Å². The average molecular weight is 275 g/mol. The van der Waals surface area contributed by atoms with Crippen molar-refractivity contribution in [2.24, 2.45) is 11.8 Å². The van der Waals surface area contributed by atoms with Crippen LogP contribution in [0.4, 0.5) is 0 Å². The lowest BCUT2D eigenvalue weighted by atomic mass is 9.87. The van der Waals surface area contributed by atoms with Crippen molar-refractivity contribution in [2.45, 2.75) is 52.4 Å². The van der Waals surface area contributed by atoms with Gasteiger partial charge in [0.2, 0.25) is 0 Å². The van der Waals surface area contributed by atoms with E-state index in [1.807, 2.05) is 0 Å². The van der Waals surface area contributed by atoms with Crippen molar-refractivity contribution in [2.75, 3.05) is 24.6 Å². The first kappa shape index (κ1) is 16.0. The Bertz CT molecular complexity index is 308. The van der Waals surface area contributed by atoms with Gasteiger partial charge in [-0.05, 0) is 37.8 Å². The van der Waals surface area contributed by atoms with Crippen LogP contribution in [-0.4, -0.2) is 33.0 Å². The molecule has 1 aliphatic carbocycles. The number of hydrogen-bond acceptors (Lipinski definition) is 3. The van der Waals surface area contributed by atoms with E-state index in [4.69, 9.17) is 0 Å². The molecule has 0 bridgehead atoms. The molecule has 0 aliphatic heterocycles. The lowest BCUT2D eigenvalue weighted by Crippen LogP contribution is -2.27. The van der Waals surface area contributed by atoms with E-state index in [9.17, 15) is 8.42 Å². The zero-order valence-electron chi connectivity index (χ0n) is 12.0. The molecule has 0 aromatic heterocycles. The highest BCUT2D eigenvalue weighted by Gasteiger charge is 2.24. The molecule has 1 unspecified atom stereocenters. The van der Waals surface area contributed by atoms with E-state index in [0.29, 0.717) is 11.7 Å². The molecule has 0 amide bonds. The van der Waals surface area contributed by atoms with Gasteiger partial charge in [0.05, 0.1) is 5.75 Å². The van der Waals surface area contributed by atoms with Crippen LogP contribution in [-0.2, 0) is 9.84 Å². The minimum Gasteiger partial charge on any atom is -0.317 e. The lowest BCUT2D eigenvalue weighted by Gasteiger charge is -2.23. The van der Waals surface area contributed by atoms with Gasteiger partial charge in [0.15, 0.2) is 0 Å². The molecule has 18 heavy (non-hydrogen) atoms. The smallest absolute Gasteiger partial charge is 0.150 e. The summed E-state index contributed by atoms with van der Waals surface area (Å²) in [6.07, 6.45) is 7.31. The van der Waals surface area contributed by atoms with Gasteiger partial charge >= 0.3 is 0 Å². The van der Waals surface area contributed by atoms with Crippen molar-refractivity contribution in [1.29, 1.82) is 0 Å². The van der Waals surface area contributed by atoms with Crippen molar-refractivity contribution in [3.05, 3.63) is 0 Å². The van der Waals surface area contributed by atoms with Gasteiger partial charge in [-0.3, -0.25) is 0 Å². The number of hydrogen-bond donors (Lipinski definition) is 1. The number of sulfone groups is 1. The highest BCUT2D eigenvalue weighted by atomic mass is 32.2. The molecule has 1 fully saturated rings. The summed E-state index contributed by atoms with van der Waals surface area (Å²) < 4.78 is 23.0. The monoisotopic (exact) mass is 275 g/mol. The Labute approximate surface area is 113 Å². The molecule has 0 spiro atoms. The molecule has 0 heterocycles. The Morgan fingerprint density at radius 3 is 2.44 bits per heavy atom. The van der Waals surface area contributed by atoms with Gasteiger partial charge in [0, 0.05) is 5.75 Å². The van der Waals surface area contributed by atoms with Gasteiger partial charge in [-0.1, -0.05) is 39.5 Å². The van der Waals surface area contributed by atoms with Crippen LogP contribution in [0.3, 0.4) is 0 Å². The molecule has 0 aromatic rings. The van der Waals surface area contributed by atoms with E-state index in [1.165, 1.54) is 25.7 Å². The van der Waals surface area contributed by atoms with Crippen molar-refractivity contribution < 1.29 is 8.42 Å². The predicted molar refractivity (Wildman–Crippen MR) is 77.6 cm³/mol. The zero-order chi connectivity index (χ0) is 13.4. The molecule has 0 aromatic carbocycles. The normalized spacial score (nSPS) is 19.2. The maximum Gasteiger partial charge on any atom is 0.150 e. The van der Waals surface area contributed by atoms with Crippen LogP contribution in [0.1, 0.15) is 52.4 Å². The molecule has 1 N–H and O–H groups in total. The van der Waals surface area contributed by atoms with Crippen LogP contribution in [0.2, 0.25) is 0 Å². The second-order valence-electron chi connectivity index (χ2n) is 5.49. The average Bonchev–Trinajstić information content (AvgIpc) is 2.87. The van der Waals surface area contributed by atoms with Crippen LogP contribution >= 0.6 is 0 Å². The highest BCUT2D eigenvalue weighted by Crippen LogP contribution is 2.33. The largest absolute Gasteiger partial charge is 0.317 e. The van der Waals surface area contributed by atoms with Gasteiger partial charge in [-0.25, -0.2) is 8.42 Å². The fourth-order valence-electron chi connectivity index (χ4n) is 2.97. The first-order valence-electron chi connectivity index (χ1n) is 7.50. The minimum atomic E-state index is -2.78. The zero-order valence-corrected chi connectivity index (χ0v) is 12.8. The lowest BCUT2D eigenvalue weighted by molar-refractivity contribution is 0.304. The SMILES string of the molecule is CCNCC(CCCS(=O)(=O)CC)C1CCCC1. The quantitative estimate of drug-likeness (QED) is 0.703. The third-order valence-corrected chi connectivity index (χ3v) is 5.98. The van der Waals surface area contributed by atoms with Gasteiger partial charge in [-0.2, -0.15) is 0 Å². The number of rotatable bonds is 9. The van der Waals surface area contributed by atoms with Crippen molar-refractivity contribution >= 4 is 9.84 Å². The summed E-state index contributed by atoms with van der Waals surface area (Å²) in [4.78, 5) is 0. The molecule has 1 aliphatic rings. The van der Waals surface area contributed by atoms with E-state index in [1.54, 1.807) is 6.92 Å². The fourth-order valence-corrected chi connectivity index (χ4v) is 3.87.